The maximum Gasteiger partial charge on any atom is 0.230 e. The lowest BCUT2D eigenvalue weighted by atomic mass is 9.95. The third kappa shape index (κ3) is 4.52. The molecule has 0 unspecified atom stereocenters. The fourth-order valence-corrected chi connectivity index (χ4v) is 4.40. The van der Waals surface area contributed by atoms with Crippen LogP contribution in [0.15, 0.2) is 28.8 Å². The third-order valence-electron chi connectivity index (χ3n) is 5.98. The molecule has 1 amide bonds. The minimum Gasteiger partial charge on any atom is -0.343 e. The van der Waals surface area contributed by atoms with Crippen LogP contribution in [-0.4, -0.2) is 34.0 Å². The summed E-state index contributed by atoms with van der Waals surface area (Å²) in [5.74, 6) is 2.59. The molecule has 0 spiro atoms. The molecule has 1 aromatic heterocycles. The Morgan fingerprint density at radius 2 is 1.81 bits per heavy atom. The van der Waals surface area contributed by atoms with Crippen molar-refractivity contribution in [3.05, 3.63) is 35.2 Å². The van der Waals surface area contributed by atoms with Gasteiger partial charge >= 0.3 is 0 Å². The van der Waals surface area contributed by atoms with Gasteiger partial charge in [-0.1, -0.05) is 42.4 Å². The maximum atomic E-state index is 12.5. The summed E-state index contributed by atoms with van der Waals surface area (Å²) in [4.78, 5) is 19.1. The summed E-state index contributed by atoms with van der Waals surface area (Å²) in [6.07, 6.45) is 8.84. The molecule has 1 saturated heterocycles. The van der Waals surface area contributed by atoms with Gasteiger partial charge in [0.2, 0.25) is 17.6 Å². The van der Waals surface area contributed by atoms with Crippen molar-refractivity contribution in [3.8, 4) is 11.4 Å². The zero-order valence-corrected chi connectivity index (χ0v) is 16.3. The molecule has 0 bridgehead atoms. The number of amides is 1. The van der Waals surface area contributed by atoms with E-state index >= 15 is 0 Å². The average Bonchev–Trinajstić information content (AvgIpc) is 3.39. The van der Waals surface area contributed by atoms with Gasteiger partial charge in [0.15, 0.2) is 0 Å². The van der Waals surface area contributed by atoms with Crippen LogP contribution in [0.5, 0.6) is 0 Å². The Morgan fingerprint density at radius 3 is 2.52 bits per heavy atom. The lowest BCUT2D eigenvalue weighted by Crippen LogP contribution is -2.38. The van der Waals surface area contributed by atoms with Crippen molar-refractivity contribution < 1.29 is 9.32 Å². The lowest BCUT2D eigenvalue weighted by molar-refractivity contribution is -0.132. The summed E-state index contributed by atoms with van der Waals surface area (Å²) in [7, 11) is 0. The Morgan fingerprint density at radius 1 is 1.11 bits per heavy atom. The van der Waals surface area contributed by atoms with E-state index in [0.717, 1.165) is 43.8 Å². The van der Waals surface area contributed by atoms with E-state index in [1.54, 1.807) is 0 Å². The van der Waals surface area contributed by atoms with Gasteiger partial charge in [0.1, 0.15) is 0 Å². The molecule has 1 aromatic carbocycles. The van der Waals surface area contributed by atoms with Gasteiger partial charge in [0.05, 0.1) is 0 Å². The number of benzene rings is 1. The first-order chi connectivity index (χ1) is 13.2. The molecule has 144 valence electrons. The summed E-state index contributed by atoms with van der Waals surface area (Å²) >= 11 is 5.93. The number of halogens is 1. The van der Waals surface area contributed by atoms with E-state index in [4.69, 9.17) is 16.1 Å². The molecule has 1 aliphatic carbocycles. The van der Waals surface area contributed by atoms with Gasteiger partial charge in [-0.3, -0.25) is 4.79 Å². The highest BCUT2D eigenvalue weighted by molar-refractivity contribution is 6.30. The molecule has 2 aliphatic rings. The maximum absolute atomic E-state index is 12.5. The molecule has 5 nitrogen and oxygen atoms in total. The average molecular weight is 388 g/mol. The topological polar surface area (TPSA) is 59.2 Å². The third-order valence-corrected chi connectivity index (χ3v) is 6.23. The fraction of sp³-hybridized carbons (Fsp3) is 0.571. The van der Waals surface area contributed by atoms with Crippen LogP contribution in [-0.2, 0) is 4.79 Å². The Hall–Kier alpha value is -1.88. The molecule has 4 rings (SSSR count). The van der Waals surface area contributed by atoms with Crippen LogP contribution in [0.3, 0.4) is 0 Å². The summed E-state index contributed by atoms with van der Waals surface area (Å²) in [6, 6.07) is 7.43. The highest BCUT2D eigenvalue weighted by Crippen LogP contribution is 2.31. The van der Waals surface area contributed by atoms with E-state index in [1.165, 1.54) is 25.7 Å². The Labute approximate surface area is 165 Å². The second-order valence-corrected chi connectivity index (χ2v) is 8.24. The van der Waals surface area contributed by atoms with Gasteiger partial charge in [0.25, 0.3) is 0 Å². The van der Waals surface area contributed by atoms with E-state index in [1.807, 2.05) is 29.2 Å². The van der Waals surface area contributed by atoms with Crippen LogP contribution in [0.4, 0.5) is 0 Å². The molecule has 2 fully saturated rings. The van der Waals surface area contributed by atoms with E-state index < -0.39 is 0 Å². The molecule has 0 radical (unpaired) electrons. The summed E-state index contributed by atoms with van der Waals surface area (Å²) in [5.41, 5.74) is 0.897. The minimum absolute atomic E-state index is 0.234. The quantitative estimate of drug-likeness (QED) is 0.718. The number of carbonyl (C=O) groups excluding carboxylic acids is 1. The molecular weight excluding hydrogens is 362 g/mol. The predicted molar refractivity (Wildman–Crippen MR) is 104 cm³/mol. The molecule has 1 aliphatic heterocycles. The normalized spacial score (nSPS) is 18.9. The first kappa shape index (κ1) is 18.5. The molecule has 0 N–H and O–H groups in total. The van der Waals surface area contributed by atoms with Crippen LogP contribution >= 0.6 is 11.6 Å². The first-order valence-corrected chi connectivity index (χ1v) is 10.4. The van der Waals surface area contributed by atoms with Gasteiger partial charge < -0.3 is 9.42 Å². The number of aromatic nitrogens is 2. The van der Waals surface area contributed by atoms with E-state index in [2.05, 4.69) is 10.1 Å². The number of hydrogen-bond donors (Lipinski definition) is 0. The zero-order chi connectivity index (χ0) is 18.6. The van der Waals surface area contributed by atoms with Crippen LogP contribution in [0.2, 0.25) is 5.02 Å². The van der Waals surface area contributed by atoms with Crippen LogP contribution in [0, 0.1) is 5.92 Å². The molecular formula is C21H26ClN3O2. The highest BCUT2D eigenvalue weighted by atomic mass is 35.5. The van der Waals surface area contributed by atoms with Crippen molar-refractivity contribution in [3.63, 3.8) is 0 Å². The van der Waals surface area contributed by atoms with Gasteiger partial charge in [-0.05, 0) is 49.4 Å². The van der Waals surface area contributed by atoms with E-state index in [-0.39, 0.29) is 5.92 Å². The van der Waals surface area contributed by atoms with E-state index in [9.17, 15) is 4.79 Å². The summed E-state index contributed by atoms with van der Waals surface area (Å²) in [5, 5.41) is 4.80. The molecule has 1 saturated carbocycles. The van der Waals surface area contributed by atoms with Gasteiger partial charge in [-0.25, -0.2) is 0 Å². The SMILES string of the molecule is O=C(CCC1CCCC1)N1CCC(c2nc(-c3ccc(Cl)cc3)no2)CC1. The number of carbonyl (C=O) groups is 1. The van der Waals surface area contributed by atoms with Crippen molar-refractivity contribution in [1.82, 2.24) is 15.0 Å². The predicted octanol–water partition coefficient (Wildman–Crippen LogP) is 5.07. The van der Waals surface area contributed by atoms with Crippen LogP contribution in [0.25, 0.3) is 11.4 Å². The first-order valence-electron chi connectivity index (χ1n) is 10.1. The zero-order valence-electron chi connectivity index (χ0n) is 15.6. The molecule has 6 heteroatoms. The molecule has 2 heterocycles. The minimum atomic E-state index is 0.234. The van der Waals surface area contributed by atoms with Crippen LogP contribution in [0.1, 0.15) is 63.2 Å². The monoisotopic (exact) mass is 387 g/mol. The number of rotatable bonds is 5. The van der Waals surface area contributed by atoms with E-state index in [0.29, 0.717) is 29.1 Å². The highest BCUT2D eigenvalue weighted by Gasteiger charge is 2.28. The van der Waals surface area contributed by atoms with Gasteiger partial charge in [0, 0.05) is 36.0 Å². The molecule has 0 atom stereocenters. The van der Waals surface area contributed by atoms with Crippen molar-refractivity contribution in [2.75, 3.05) is 13.1 Å². The Balaban J connectivity index is 1.29. The van der Waals surface area contributed by atoms with Gasteiger partial charge in [-0.15, -0.1) is 0 Å². The Bertz CT molecular complexity index is 760. The van der Waals surface area contributed by atoms with Crippen molar-refractivity contribution in [2.24, 2.45) is 5.92 Å². The van der Waals surface area contributed by atoms with Crippen molar-refractivity contribution >= 4 is 17.5 Å². The van der Waals surface area contributed by atoms with Crippen molar-refractivity contribution in [2.45, 2.75) is 57.3 Å². The number of hydrogen-bond acceptors (Lipinski definition) is 4. The second kappa shape index (κ2) is 8.42. The lowest BCUT2D eigenvalue weighted by Gasteiger charge is -2.30. The van der Waals surface area contributed by atoms with Crippen LogP contribution < -0.4 is 0 Å². The number of likely N-dealkylation sites (tertiary alicyclic amines) is 1. The Kier molecular flexibility index (Phi) is 5.77. The van der Waals surface area contributed by atoms with Crippen molar-refractivity contribution in [1.29, 1.82) is 0 Å². The molecule has 27 heavy (non-hydrogen) atoms. The number of nitrogens with zero attached hydrogens (tertiary/aromatic N) is 3. The number of piperidine rings is 1. The smallest absolute Gasteiger partial charge is 0.230 e. The summed E-state index contributed by atoms with van der Waals surface area (Å²) in [6.45, 7) is 1.57. The molecule has 2 aromatic rings. The second-order valence-electron chi connectivity index (χ2n) is 7.81. The fourth-order valence-electron chi connectivity index (χ4n) is 4.28. The summed E-state index contributed by atoms with van der Waals surface area (Å²) < 4.78 is 5.50. The van der Waals surface area contributed by atoms with Gasteiger partial charge in [-0.2, -0.15) is 4.98 Å². The largest absolute Gasteiger partial charge is 0.343 e. The standard InChI is InChI=1S/C21H26ClN3O2/c22-18-8-6-16(7-9-18)20-23-21(27-24-20)17-11-13-25(14-12-17)19(26)10-5-15-3-1-2-4-15/h6-9,15,17H,1-5,10-14H2.